The molecular weight excluding hydrogens is 362 g/mol. The van der Waals surface area contributed by atoms with E-state index in [-0.39, 0.29) is 12.4 Å². The van der Waals surface area contributed by atoms with Gasteiger partial charge in [-0.1, -0.05) is 18.2 Å². The molecule has 5 nitrogen and oxygen atoms in total. The number of rotatable bonds is 4. The van der Waals surface area contributed by atoms with Crippen molar-refractivity contribution < 1.29 is 9.47 Å². The summed E-state index contributed by atoms with van der Waals surface area (Å²) in [6, 6.07) is 14.0. The van der Waals surface area contributed by atoms with E-state index in [4.69, 9.17) is 14.5 Å². The summed E-state index contributed by atoms with van der Waals surface area (Å²) in [5, 5.41) is 4.42. The van der Waals surface area contributed by atoms with E-state index < -0.39 is 0 Å². The summed E-state index contributed by atoms with van der Waals surface area (Å²) in [7, 11) is 1.65. The molecule has 0 radical (unpaired) electrons. The minimum Gasteiger partial charge on any atom is -0.493 e. The number of hydrogen-bond acceptors (Lipinski definition) is 5. The van der Waals surface area contributed by atoms with E-state index in [0.717, 1.165) is 59.8 Å². The zero-order chi connectivity index (χ0) is 17.9. The number of nitrogens with one attached hydrogen (secondary N) is 1. The van der Waals surface area contributed by atoms with Crippen LogP contribution in [0.5, 0.6) is 17.2 Å². The van der Waals surface area contributed by atoms with Crippen molar-refractivity contribution in [2.75, 3.05) is 38.2 Å². The number of halogens is 1. The number of nitrogens with zero attached hydrogens (tertiary/aromatic N) is 2. The van der Waals surface area contributed by atoms with Gasteiger partial charge in [0.1, 0.15) is 5.75 Å². The average molecular weight is 386 g/mol. The first-order valence-electron chi connectivity index (χ1n) is 8.93. The van der Waals surface area contributed by atoms with Crippen molar-refractivity contribution in [1.29, 1.82) is 0 Å². The van der Waals surface area contributed by atoms with Gasteiger partial charge >= 0.3 is 0 Å². The molecule has 1 aliphatic heterocycles. The molecule has 27 heavy (non-hydrogen) atoms. The fraction of sp³-hybridized carbons (Fsp3) is 0.286. The highest BCUT2D eigenvalue weighted by Crippen LogP contribution is 2.38. The van der Waals surface area contributed by atoms with E-state index >= 15 is 0 Å². The highest BCUT2D eigenvalue weighted by molar-refractivity contribution is 5.95. The van der Waals surface area contributed by atoms with Crippen LogP contribution in [0.2, 0.25) is 0 Å². The van der Waals surface area contributed by atoms with Gasteiger partial charge in [-0.3, -0.25) is 4.98 Å². The van der Waals surface area contributed by atoms with Gasteiger partial charge in [0.05, 0.1) is 18.3 Å². The van der Waals surface area contributed by atoms with Crippen molar-refractivity contribution >= 4 is 29.0 Å². The van der Waals surface area contributed by atoms with Gasteiger partial charge in [-0.2, -0.15) is 0 Å². The second-order valence-corrected chi connectivity index (χ2v) is 6.43. The summed E-state index contributed by atoms with van der Waals surface area (Å²) < 4.78 is 11.7. The third kappa shape index (κ3) is 3.80. The standard InChI is InChI=1S/C21H23N3O2.ClH/c1-15-14-23-20-16(6-5-7-17(20)24-12-10-22-11-13-24)21(15)26-19-9-4-3-8-18(19)25-2;/h3-9,14,22H,10-13H2,1-2H3;1H. The van der Waals surface area contributed by atoms with Crippen LogP contribution in [0.25, 0.3) is 10.9 Å². The van der Waals surface area contributed by atoms with Gasteiger partial charge in [-0.25, -0.2) is 0 Å². The summed E-state index contributed by atoms with van der Waals surface area (Å²) in [6.45, 7) is 5.98. The zero-order valence-electron chi connectivity index (χ0n) is 15.6. The van der Waals surface area contributed by atoms with Crippen molar-refractivity contribution in [3.05, 3.63) is 54.2 Å². The Bertz CT molecular complexity index is 926. The number of fused-ring (bicyclic) bond motifs is 1. The molecule has 142 valence electrons. The predicted octanol–water partition coefficient (Wildman–Crippen LogP) is 4.18. The quantitative estimate of drug-likeness (QED) is 0.730. The average Bonchev–Trinajstić information content (AvgIpc) is 2.70. The molecule has 0 saturated carbocycles. The first-order valence-corrected chi connectivity index (χ1v) is 8.93. The van der Waals surface area contributed by atoms with Gasteiger partial charge in [0.15, 0.2) is 11.5 Å². The van der Waals surface area contributed by atoms with E-state index in [9.17, 15) is 0 Å². The van der Waals surface area contributed by atoms with Gasteiger partial charge < -0.3 is 19.7 Å². The molecule has 1 saturated heterocycles. The van der Waals surface area contributed by atoms with Gasteiger partial charge in [0.2, 0.25) is 0 Å². The monoisotopic (exact) mass is 385 g/mol. The van der Waals surface area contributed by atoms with Crippen LogP contribution >= 0.6 is 12.4 Å². The second-order valence-electron chi connectivity index (χ2n) is 6.43. The zero-order valence-corrected chi connectivity index (χ0v) is 16.4. The molecule has 2 heterocycles. The van der Waals surface area contributed by atoms with Crippen LogP contribution in [-0.2, 0) is 0 Å². The molecule has 0 unspecified atom stereocenters. The molecule has 1 fully saturated rings. The van der Waals surface area contributed by atoms with Crippen LogP contribution in [0.1, 0.15) is 5.56 Å². The Morgan fingerprint density at radius 2 is 1.74 bits per heavy atom. The Morgan fingerprint density at radius 1 is 1.00 bits per heavy atom. The number of methoxy groups -OCH3 is 1. The van der Waals surface area contributed by atoms with Gasteiger partial charge in [0, 0.05) is 43.3 Å². The van der Waals surface area contributed by atoms with Crippen LogP contribution in [0.4, 0.5) is 5.69 Å². The number of pyridine rings is 1. The maximum Gasteiger partial charge on any atom is 0.169 e. The second kappa shape index (κ2) is 8.46. The number of aromatic nitrogens is 1. The summed E-state index contributed by atoms with van der Waals surface area (Å²) in [6.07, 6.45) is 1.89. The minimum absolute atomic E-state index is 0. The number of anilines is 1. The molecule has 2 aromatic carbocycles. The van der Waals surface area contributed by atoms with E-state index in [0.29, 0.717) is 5.75 Å². The van der Waals surface area contributed by atoms with E-state index in [1.165, 1.54) is 0 Å². The first-order chi connectivity index (χ1) is 12.8. The Kier molecular flexibility index (Phi) is 6.04. The normalized spacial score (nSPS) is 13.9. The van der Waals surface area contributed by atoms with Crippen molar-refractivity contribution in [2.24, 2.45) is 0 Å². The van der Waals surface area contributed by atoms with Crippen LogP contribution in [0.15, 0.2) is 48.7 Å². The highest BCUT2D eigenvalue weighted by Gasteiger charge is 2.17. The lowest BCUT2D eigenvalue weighted by Gasteiger charge is -2.30. The Labute approximate surface area is 165 Å². The number of benzene rings is 2. The maximum atomic E-state index is 6.29. The summed E-state index contributed by atoms with van der Waals surface area (Å²) in [5.41, 5.74) is 3.14. The summed E-state index contributed by atoms with van der Waals surface area (Å²) >= 11 is 0. The molecule has 0 aliphatic carbocycles. The number of aryl methyl sites for hydroxylation is 1. The lowest BCUT2D eigenvalue weighted by atomic mass is 10.1. The summed E-state index contributed by atoms with van der Waals surface area (Å²) in [5.74, 6) is 2.25. The lowest BCUT2D eigenvalue weighted by Crippen LogP contribution is -2.43. The van der Waals surface area contributed by atoms with Crippen LogP contribution in [0, 0.1) is 6.92 Å². The molecule has 1 N–H and O–H groups in total. The topological polar surface area (TPSA) is 46.6 Å². The SMILES string of the molecule is COc1ccccc1Oc1c(C)cnc2c(N3CCNCC3)cccc12.Cl. The van der Waals surface area contributed by atoms with E-state index in [2.05, 4.69) is 28.4 Å². The van der Waals surface area contributed by atoms with Crippen molar-refractivity contribution in [3.63, 3.8) is 0 Å². The van der Waals surface area contributed by atoms with Crippen LogP contribution < -0.4 is 19.7 Å². The predicted molar refractivity (Wildman–Crippen MR) is 112 cm³/mol. The summed E-state index contributed by atoms with van der Waals surface area (Å²) in [4.78, 5) is 7.11. The molecule has 0 spiro atoms. The molecule has 6 heteroatoms. The van der Waals surface area contributed by atoms with Gasteiger partial charge in [-0.15, -0.1) is 12.4 Å². The molecular formula is C21H24ClN3O2. The van der Waals surface area contributed by atoms with Crippen LogP contribution in [-0.4, -0.2) is 38.3 Å². The molecule has 0 amide bonds. The Hall–Kier alpha value is -2.50. The molecule has 3 aromatic rings. The van der Waals surface area contributed by atoms with Gasteiger partial charge in [0.25, 0.3) is 0 Å². The highest BCUT2D eigenvalue weighted by atomic mass is 35.5. The molecule has 0 bridgehead atoms. The fourth-order valence-corrected chi connectivity index (χ4v) is 3.39. The smallest absolute Gasteiger partial charge is 0.169 e. The first kappa shape index (κ1) is 19.3. The molecule has 1 aromatic heterocycles. The Morgan fingerprint density at radius 3 is 2.48 bits per heavy atom. The lowest BCUT2D eigenvalue weighted by molar-refractivity contribution is 0.379. The number of hydrogen-bond donors (Lipinski definition) is 1. The third-order valence-electron chi connectivity index (χ3n) is 4.74. The fourth-order valence-electron chi connectivity index (χ4n) is 3.39. The Balaban J connectivity index is 0.00000210. The molecule has 1 aliphatic rings. The maximum absolute atomic E-state index is 6.29. The number of piperazine rings is 1. The van der Waals surface area contributed by atoms with Crippen LogP contribution in [0.3, 0.4) is 0 Å². The van der Waals surface area contributed by atoms with E-state index in [1.54, 1.807) is 7.11 Å². The van der Waals surface area contributed by atoms with Crippen molar-refractivity contribution in [1.82, 2.24) is 10.3 Å². The number of para-hydroxylation sites is 3. The van der Waals surface area contributed by atoms with Gasteiger partial charge in [-0.05, 0) is 31.2 Å². The van der Waals surface area contributed by atoms with Crippen molar-refractivity contribution in [3.8, 4) is 17.2 Å². The minimum atomic E-state index is 0. The molecule has 4 rings (SSSR count). The number of ether oxygens (including phenoxy) is 2. The van der Waals surface area contributed by atoms with E-state index in [1.807, 2.05) is 37.4 Å². The third-order valence-corrected chi connectivity index (χ3v) is 4.74. The largest absolute Gasteiger partial charge is 0.493 e. The molecule has 0 atom stereocenters. The van der Waals surface area contributed by atoms with Crippen molar-refractivity contribution in [2.45, 2.75) is 6.92 Å².